The Hall–Kier alpha value is -2.99. The van der Waals surface area contributed by atoms with Crippen molar-refractivity contribution in [2.45, 2.75) is 91.2 Å². The summed E-state index contributed by atoms with van der Waals surface area (Å²) in [5.74, 6) is 1.06. The number of Topliss-reactive ketones (excluding diaryl/α,β-unsaturated/α-hetero) is 2. The van der Waals surface area contributed by atoms with Gasteiger partial charge < -0.3 is 20.0 Å². The quantitative estimate of drug-likeness (QED) is 0.264. The van der Waals surface area contributed by atoms with Gasteiger partial charge in [-0.25, -0.2) is 0 Å². The Morgan fingerprint density at radius 1 is 0.921 bits per heavy atom. The molecule has 2 N–H and O–H groups in total. The van der Waals surface area contributed by atoms with Gasteiger partial charge in [0, 0.05) is 19.3 Å². The predicted molar refractivity (Wildman–Crippen MR) is 151 cm³/mol. The number of hydrogen-bond donors (Lipinski definition) is 2. The Labute approximate surface area is 228 Å². The lowest BCUT2D eigenvalue weighted by molar-refractivity contribution is -0.124. The highest BCUT2D eigenvalue weighted by Gasteiger charge is 2.26. The van der Waals surface area contributed by atoms with E-state index in [1.54, 1.807) is 0 Å². The molecule has 0 spiro atoms. The van der Waals surface area contributed by atoms with Crippen molar-refractivity contribution >= 4 is 17.5 Å². The van der Waals surface area contributed by atoms with Gasteiger partial charge in [0.1, 0.15) is 17.3 Å². The average Bonchev–Trinajstić information content (AvgIpc) is 2.87. The van der Waals surface area contributed by atoms with Crippen LogP contribution in [0.2, 0.25) is 0 Å². The van der Waals surface area contributed by atoms with Gasteiger partial charge in [-0.2, -0.15) is 0 Å². The molecule has 3 atom stereocenters. The van der Waals surface area contributed by atoms with E-state index >= 15 is 0 Å². The molecule has 0 fully saturated rings. The van der Waals surface area contributed by atoms with E-state index in [4.69, 9.17) is 4.74 Å². The largest absolute Gasteiger partial charge is 0.493 e. The van der Waals surface area contributed by atoms with Gasteiger partial charge in [0.05, 0.1) is 25.2 Å². The van der Waals surface area contributed by atoms with Crippen LogP contribution < -0.4 is 10.1 Å². The number of hydrogen-bond acceptors (Lipinski definition) is 5. The Kier molecular flexibility index (Phi) is 13.8. The lowest BCUT2D eigenvalue weighted by Crippen LogP contribution is -2.46. The molecule has 2 aromatic carbocycles. The Morgan fingerprint density at radius 3 is 2.24 bits per heavy atom. The molecule has 0 unspecified atom stereocenters. The molecule has 208 valence electrons. The van der Waals surface area contributed by atoms with E-state index in [1.807, 2.05) is 61.5 Å². The predicted octanol–water partition coefficient (Wildman–Crippen LogP) is 5.62. The van der Waals surface area contributed by atoms with Crippen LogP contribution >= 0.6 is 0 Å². The maximum Gasteiger partial charge on any atom is 0.223 e. The number of nitrogens with one attached hydrogen (secondary N) is 1. The number of ketones is 2. The molecule has 6 heteroatoms. The van der Waals surface area contributed by atoms with Gasteiger partial charge >= 0.3 is 0 Å². The normalized spacial score (nSPS) is 13.5. The third-order valence-corrected chi connectivity index (χ3v) is 6.73. The van der Waals surface area contributed by atoms with Crippen molar-refractivity contribution in [2.75, 3.05) is 6.61 Å². The van der Waals surface area contributed by atoms with E-state index in [2.05, 4.69) is 19.2 Å². The molecule has 38 heavy (non-hydrogen) atoms. The molecule has 0 heterocycles. The van der Waals surface area contributed by atoms with E-state index in [0.717, 1.165) is 24.0 Å². The van der Waals surface area contributed by atoms with Crippen LogP contribution in [0.15, 0.2) is 54.6 Å². The van der Waals surface area contributed by atoms with E-state index in [1.165, 1.54) is 6.92 Å². The highest BCUT2D eigenvalue weighted by molar-refractivity contribution is 5.84. The van der Waals surface area contributed by atoms with Gasteiger partial charge in [-0.1, -0.05) is 68.3 Å². The van der Waals surface area contributed by atoms with E-state index in [-0.39, 0.29) is 49.3 Å². The molecule has 2 rings (SSSR count). The number of rotatable bonds is 18. The van der Waals surface area contributed by atoms with Crippen molar-refractivity contribution in [3.05, 3.63) is 65.7 Å². The number of ether oxygens (including phenoxy) is 1. The second-order valence-corrected chi connectivity index (χ2v) is 10.9. The van der Waals surface area contributed by atoms with Crippen LogP contribution in [-0.4, -0.2) is 41.3 Å². The van der Waals surface area contributed by atoms with Gasteiger partial charge in [0.15, 0.2) is 0 Å². The summed E-state index contributed by atoms with van der Waals surface area (Å²) in [4.78, 5) is 36.7. The molecule has 6 nitrogen and oxygen atoms in total. The number of aliphatic hydroxyl groups excluding tert-OH is 1. The number of aliphatic hydroxyl groups is 1. The van der Waals surface area contributed by atoms with E-state index < -0.39 is 12.1 Å². The van der Waals surface area contributed by atoms with Gasteiger partial charge in [-0.3, -0.25) is 9.59 Å². The molecule has 0 aliphatic rings. The van der Waals surface area contributed by atoms with Crippen LogP contribution in [-0.2, 0) is 20.8 Å². The number of benzene rings is 2. The smallest absolute Gasteiger partial charge is 0.223 e. The lowest BCUT2D eigenvalue weighted by atomic mass is 9.85. The molecule has 0 radical (unpaired) electrons. The number of carbonyl (C=O) groups is 3. The minimum Gasteiger partial charge on any atom is -0.493 e. The fraction of sp³-hybridized carbons (Fsp3) is 0.531. The van der Waals surface area contributed by atoms with Gasteiger partial charge in [-0.05, 0) is 62.6 Å². The first-order chi connectivity index (χ1) is 18.1. The molecule has 1 amide bonds. The molecular formula is C32H45NO5. The van der Waals surface area contributed by atoms with Crippen LogP contribution in [0.1, 0.15) is 76.8 Å². The minimum absolute atomic E-state index is 0.00750. The standard InChI is InChI=1S/C32H45NO5/c1-23(2)10-14-27(20-28(35)15-13-25(4)34)22-31(36)30(21-26-8-6-5-7-9-26)33-32(37)18-19-38-29-16-11-24(3)12-17-29/h5-9,11-12,16-17,23,27,30-31,36H,10,13-15,18-22H2,1-4H3,(H,33,37)/t27-,30+,31+/m1/s1. The van der Waals surface area contributed by atoms with Gasteiger partial charge in [-0.15, -0.1) is 0 Å². The Balaban J connectivity index is 2.03. The summed E-state index contributed by atoms with van der Waals surface area (Å²) >= 11 is 0. The summed E-state index contributed by atoms with van der Waals surface area (Å²) in [6.07, 6.45) is 2.87. The zero-order valence-electron chi connectivity index (χ0n) is 23.4. The van der Waals surface area contributed by atoms with Crippen molar-refractivity contribution in [3.8, 4) is 5.75 Å². The summed E-state index contributed by atoms with van der Waals surface area (Å²) in [6.45, 7) is 8.02. The minimum atomic E-state index is -0.810. The van der Waals surface area contributed by atoms with Gasteiger partial charge in [0.2, 0.25) is 5.91 Å². The number of carbonyl (C=O) groups excluding carboxylic acids is 3. The van der Waals surface area contributed by atoms with Crippen molar-refractivity contribution in [2.24, 2.45) is 11.8 Å². The van der Waals surface area contributed by atoms with Crippen LogP contribution in [0.4, 0.5) is 0 Å². The first kappa shape index (κ1) is 31.2. The highest BCUT2D eigenvalue weighted by Crippen LogP contribution is 2.24. The highest BCUT2D eigenvalue weighted by atomic mass is 16.5. The number of aryl methyl sites for hydroxylation is 1. The third kappa shape index (κ3) is 13.0. The van der Waals surface area contributed by atoms with Crippen LogP contribution in [0, 0.1) is 18.8 Å². The molecule has 0 bridgehead atoms. The van der Waals surface area contributed by atoms with Crippen molar-refractivity contribution in [1.82, 2.24) is 5.32 Å². The summed E-state index contributed by atoms with van der Waals surface area (Å²) in [6, 6.07) is 17.0. The first-order valence-corrected chi connectivity index (χ1v) is 13.8. The maximum atomic E-state index is 12.8. The molecule has 0 aromatic heterocycles. The second kappa shape index (κ2) is 16.8. The average molecular weight is 524 g/mol. The SMILES string of the molecule is CC(=O)CCC(=O)C[C@@H](CCC(C)C)C[C@H](O)[C@H](Cc1ccccc1)NC(=O)CCOc1ccc(C)cc1. The molecule has 0 aliphatic heterocycles. The molecule has 0 saturated heterocycles. The van der Waals surface area contributed by atoms with Crippen LogP contribution in [0.25, 0.3) is 0 Å². The third-order valence-electron chi connectivity index (χ3n) is 6.73. The van der Waals surface area contributed by atoms with E-state index in [9.17, 15) is 19.5 Å². The summed E-state index contributed by atoms with van der Waals surface area (Å²) in [7, 11) is 0. The fourth-order valence-corrected chi connectivity index (χ4v) is 4.44. The molecule has 0 saturated carbocycles. The zero-order valence-corrected chi connectivity index (χ0v) is 23.4. The maximum absolute atomic E-state index is 12.8. The summed E-state index contributed by atoms with van der Waals surface area (Å²) in [5.41, 5.74) is 2.16. The Bertz CT molecular complexity index is 987. The van der Waals surface area contributed by atoms with Crippen molar-refractivity contribution < 1.29 is 24.2 Å². The zero-order chi connectivity index (χ0) is 27.9. The van der Waals surface area contributed by atoms with Crippen LogP contribution in [0.3, 0.4) is 0 Å². The van der Waals surface area contributed by atoms with Crippen LogP contribution in [0.5, 0.6) is 5.75 Å². The van der Waals surface area contributed by atoms with Gasteiger partial charge in [0.25, 0.3) is 0 Å². The summed E-state index contributed by atoms with van der Waals surface area (Å²) < 4.78 is 5.71. The number of amides is 1. The molecular weight excluding hydrogens is 478 g/mol. The Morgan fingerprint density at radius 2 is 1.61 bits per heavy atom. The lowest BCUT2D eigenvalue weighted by Gasteiger charge is -2.28. The fourth-order valence-electron chi connectivity index (χ4n) is 4.44. The van der Waals surface area contributed by atoms with Crippen molar-refractivity contribution in [3.63, 3.8) is 0 Å². The first-order valence-electron chi connectivity index (χ1n) is 13.8. The molecule has 0 aliphatic carbocycles. The summed E-state index contributed by atoms with van der Waals surface area (Å²) in [5, 5.41) is 14.3. The monoisotopic (exact) mass is 523 g/mol. The van der Waals surface area contributed by atoms with Crippen molar-refractivity contribution in [1.29, 1.82) is 0 Å². The topological polar surface area (TPSA) is 92.7 Å². The second-order valence-electron chi connectivity index (χ2n) is 10.9. The molecule has 2 aromatic rings. The van der Waals surface area contributed by atoms with E-state index in [0.29, 0.717) is 30.9 Å².